The molecule has 1 aromatic carbocycles. The first-order chi connectivity index (χ1) is 10.5. The van der Waals surface area contributed by atoms with Crippen molar-refractivity contribution in [1.82, 2.24) is 0 Å². The molecule has 0 aliphatic carbocycles. The quantitative estimate of drug-likeness (QED) is 0.862. The van der Waals surface area contributed by atoms with Gasteiger partial charge in [0.25, 0.3) is 5.91 Å². The van der Waals surface area contributed by atoms with Gasteiger partial charge in [-0.15, -0.1) is 0 Å². The summed E-state index contributed by atoms with van der Waals surface area (Å²) in [5, 5.41) is 2.87. The lowest BCUT2D eigenvalue weighted by molar-refractivity contribution is -0.690. The fraction of sp³-hybridized carbons (Fsp3) is 0.294. The zero-order valence-corrected chi connectivity index (χ0v) is 13.3. The Morgan fingerprint density at radius 1 is 1.18 bits per heavy atom. The monoisotopic (exact) mass is 301 g/mol. The Bertz CT molecular complexity index is 684. The molecule has 1 aromatic heterocycles. The molecule has 116 valence electrons. The molecule has 0 spiro atoms. The molecule has 22 heavy (non-hydrogen) atoms. The number of anilines is 1. The first kappa shape index (κ1) is 15.8. The lowest BCUT2D eigenvalue weighted by Crippen LogP contribution is -2.43. The Balaban J connectivity index is 2.16. The van der Waals surface area contributed by atoms with Crippen molar-refractivity contribution in [3.8, 4) is 11.5 Å². The van der Waals surface area contributed by atoms with Crippen LogP contribution < -0.4 is 19.4 Å². The van der Waals surface area contributed by atoms with Gasteiger partial charge >= 0.3 is 0 Å². The van der Waals surface area contributed by atoms with Crippen LogP contribution in [0.15, 0.2) is 36.5 Å². The minimum Gasteiger partial charge on any atom is -0.497 e. The molecule has 0 atom stereocenters. The van der Waals surface area contributed by atoms with E-state index in [1.807, 2.05) is 36.7 Å². The van der Waals surface area contributed by atoms with Crippen molar-refractivity contribution < 1.29 is 18.8 Å². The number of rotatable bonds is 5. The fourth-order valence-electron chi connectivity index (χ4n) is 2.18. The zero-order chi connectivity index (χ0) is 16.1. The van der Waals surface area contributed by atoms with E-state index >= 15 is 0 Å². The van der Waals surface area contributed by atoms with Crippen LogP contribution in [0.2, 0.25) is 0 Å². The number of nitrogens with zero attached hydrogens (tertiary/aromatic N) is 1. The zero-order valence-electron chi connectivity index (χ0n) is 13.3. The van der Waals surface area contributed by atoms with Gasteiger partial charge in [0.05, 0.1) is 19.9 Å². The third-order valence-electron chi connectivity index (χ3n) is 3.61. The summed E-state index contributed by atoms with van der Waals surface area (Å²) in [7, 11) is 3.15. The van der Waals surface area contributed by atoms with Crippen LogP contribution in [0.1, 0.15) is 11.3 Å². The maximum absolute atomic E-state index is 12.3. The van der Waals surface area contributed by atoms with E-state index in [-0.39, 0.29) is 12.5 Å². The molecule has 5 nitrogen and oxygen atoms in total. The summed E-state index contributed by atoms with van der Waals surface area (Å²) in [6, 6.07) is 9.24. The molecule has 0 saturated carbocycles. The average Bonchev–Trinajstić information content (AvgIpc) is 2.51. The van der Waals surface area contributed by atoms with Gasteiger partial charge in [0, 0.05) is 24.6 Å². The summed E-state index contributed by atoms with van der Waals surface area (Å²) in [5.74, 6) is 1.14. The van der Waals surface area contributed by atoms with Crippen molar-refractivity contribution in [2.75, 3.05) is 19.5 Å². The van der Waals surface area contributed by atoms with E-state index in [0.717, 1.165) is 11.3 Å². The topological polar surface area (TPSA) is 51.4 Å². The summed E-state index contributed by atoms with van der Waals surface area (Å²) >= 11 is 0. The minimum absolute atomic E-state index is 0.120. The molecule has 1 N–H and O–H groups in total. The first-order valence-corrected chi connectivity index (χ1v) is 7.02. The molecule has 5 heteroatoms. The standard InChI is InChI=1S/C17H20N2O3/c1-12-6-5-9-19(13(12)2)11-17(20)18-15-10-14(21-3)7-8-16(15)22-4/h5-10H,11H2,1-4H3/p+1. The summed E-state index contributed by atoms with van der Waals surface area (Å²) < 4.78 is 12.4. The minimum atomic E-state index is -0.120. The molecule has 0 aliphatic rings. The van der Waals surface area contributed by atoms with Crippen LogP contribution in [0.25, 0.3) is 0 Å². The Hall–Kier alpha value is -2.56. The van der Waals surface area contributed by atoms with Crippen molar-refractivity contribution in [1.29, 1.82) is 0 Å². The maximum Gasteiger partial charge on any atom is 0.290 e. The molecule has 1 amide bonds. The fourth-order valence-corrected chi connectivity index (χ4v) is 2.18. The Labute approximate surface area is 130 Å². The van der Waals surface area contributed by atoms with Gasteiger partial charge in [-0.05, 0) is 25.1 Å². The molecule has 2 rings (SSSR count). The highest BCUT2D eigenvalue weighted by Crippen LogP contribution is 2.28. The molecule has 0 unspecified atom stereocenters. The van der Waals surface area contributed by atoms with Gasteiger partial charge in [-0.1, -0.05) is 0 Å². The number of nitrogens with one attached hydrogen (secondary N) is 1. The van der Waals surface area contributed by atoms with E-state index in [2.05, 4.69) is 5.32 Å². The average molecular weight is 301 g/mol. The van der Waals surface area contributed by atoms with Crippen LogP contribution in [-0.4, -0.2) is 20.1 Å². The van der Waals surface area contributed by atoms with Crippen molar-refractivity contribution in [3.63, 3.8) is 0 Å². The number of aryl methyl sites for hydroxylation is 1. The molecule has 0 bridgehead atoms. The van der Waals surface area contributed by atoms with Crippen molar-refractivity contribution >= 4 is 11.6 Å². The normalized spacial score (nSPS) is 10.2. The third kappa shape index (κ3) is 3.55. The highest BCUT2D eigenvalue weighted by Gasteiger charge is 2.15. The van der Waals surface area contributed by atoms with Crippen LogP contribution in [0, 0.1) is 13.8 Å². The second kappa shape index (κ2) is 6.93. The van der Waals surface area contributed by atoms with Gasteiger partial charge in [0.1, 0.15) is 11.5 Å². The highest BCUT2D eigenvalue weighted by molar-refractivity contribution is 5.91. The molecule has 0 radical (unpaired) electrons. The van der Waals surface area contributed by atoms with E-state index in [4.69, 9.17) is 9.47 Å². The predicted molar refractivity (Wildman–Crippen MR) is 84.3 cm³/mol. The number of hydrogen-bond acceptors (Lipinski definition) is 3. The second-order valence-corrected chi connectivity index (χ2v) is 5.02. The number of carbonyl (C=O) groups is 1. The summed E-state index contributed by atoms with van der Waals surface area (Å²) in [5.41, 5.74) is 2.81. The number of benzene rings is 1. The second-order valence-electron chi connectivity index (χ2n) is 5.02. The number of aromatic nitrogens is 1. The van der Waals surface area contributed by atoms with Gasteiger partial charge in [-0.2, -0.15) is 4.57 Å². The summed E-state index contributed by atoms with van der Waals surface area (Å²) in [4.78, 5) is 12.3. The smallest absolute Gasteiger partial charge is 0.290 e. The van der Waals surface area contributed by atoms with Gasteiger partial charge in [-0.25, -0.2) is 0 Å². The SMILES string of the molecule is COc1ccc(OC)c(NC(=O)C[n+]2cccc(C)c2C)c1. The molecule has 1 heterocycles. The lowest BCUT2D eigenvalue weighted by atomic mass is 10.2. The predicted octanol–water partition coefficient (Wildman–Crippen LogP) is 2.25. The van der Waals surface area contributed by atoms with E-state index in [1.54, 1.807) is 32.4 Å². The van der Waals surface area contributed by atoms with Crippen LogP contribution >= 0.6 is 0 Å². The highest BCUT2D eigenvalue weighted by atomic mass is 16.5. The van der Waals surface area contributed by atoms with E-state index in [0.29, 0.717) is 17.2 Å². The molecule has 0 saturated heterocycles. The van der Waals surface area contributed by atoms with Crippen LogP contribution in [0.4, 0.5) is 5.69 Å². The largest absolute Gasteiger partial charge is 0.497 e. The molecular weight excluding hydrogens is 280 g/mol. The van der Waals surface area contributed by atoms with Gasteiger partial charge in [0.2, 0.25) is 6.54 Å². The first-order valence-electron chi connectivity index (χ1n) is 7.02. The van der Waals surface area contributed by atoms with Crippen molar-refractivity contribution in [2.45, 2.75) is 20.4 Å². The van der Waals surface area contributed by atoms with E-state index in [9.17, 15) is 4.79 Å². The van der Waals surface area contributed by atoms with Gasteiger partial charge < -0.3 is 14.8 Å². The van der Waals surface area contributed by atoms with Crippen molar-refractivity contribution in [2.24, 2.45) is 0 Å². The maximum atomic E-state index is 12.3. The number of ether oxygens (including phenoxy) is 2. The Kier molecular flexibility index (Phi) is 4.99. The number of carbonyl (C=O) groups excluding carboxylic acids is 1. The van der Waals surface area contributed by atoms with Crippen LogP contribution in [0.3, 0.4) is 0 Å². The third-order valence-corrected chi connectivity index (χ3v) is 3.61. The van der Waals surface area contributed by atoms with Gasteiger partial charge in [-0.3, -0.25) is 4.79 Å². The summed E-state index contributed by atoms with van der Waals surface area (Å²) in [6.07, 6.45) is 1.89. The molecule has 2 aromatic rings. The van der Waals surface area contributed by atoms with Gasteiger partial charge in [0.15, 0.2) is 11.9 Å². The molecule has 0 fully saturated rings. The molecular formula is C17H21N2O3+. The lowest BCUT2D eigenvalue weighted by Gasteiger charge is -2.11. The Morgan fingerprint density at radius 2 is 1.95 bits per heavy atom. The van der Waals surface area contributed by atoms with E-state index < -0.39 is 0 Å². The molecule has 0 aliphatic heterocycles. The number of methoxy groups -OCH3 is 2. The van der Waals surface area contributed by atoms with Crippen LogP contribution in [-0.2, 0) is 11.3 Å². The number of hydrogen-bond donors (Lipinski definition) is 1. The Morgan fingerprint density at radius 3 is 2.64 bits per heavy atom. The van der Waals surface area contributed by atoms with E-state index in [1.165, 1.54) is 0 Å². The number of pyridine rings is 1. The number of amides is 1. The van der Waals surface area contributed by atoms with Crippen molar-refractivity contribution in [3.05, 3.63) is 47.8 Å². The van der Waals surface area contributed by atoms with Crippen LogP contribution in [0.5, 0.6) is 11.5 Å². The summed E-state index contributed by atoms with van der Waals surface area (Å²) in [6.45, 7) is 4.26.